The number of hydrogen-bond donors (Lipinski definition) is 2. The van der Waals surface area contributed by atoms with Gasteiger partial charge in [0.1, 0.15) is 6.61 Å². The Morgan fingerprint density at radius 2 is 1.77 bits per heavy atom. The van der Waals surface area contributed by atoms with E-state index in [-0.39, 0.29) is 37.4 Å². The fourth-order valence-electron chi connectivity index (χ4n) is 4.87. The lowest BCUT2D eigenvalue weighted by Gasteiger charge is -2.28. The summed E-state index contributed by atoms with van der Waals surface area (Å²) in [5.41, 5.74) is 9.18. The molecule has 2 atom stereocenters. The van der Waals surface area contributed by atoms with E-state index < -0.39 is 23.5 Å². The third-order valence-electron chi connectivity index (χ3n) is 6.93. The molecule has 0 bridgehead atoms. The molecule has 0 aromatic heterocycles. The van der Waals surface area contributed by atoms with E-state index in [0.29, 0.717) is 23.8 Å². The van der Waals surface area contributed by atoms with E-state index in [9.17, 15) is 19.2 Å². The molecule has 3 amide bonds. The van der Waals surface area contributed by atoms with E-state index in [1.54, 1.807) is 12.1 Å². The first-order valence-electron chi connectivity index (χ1n) is 13.2. The Kier molecular flexibility index (Phi) is 8.66. The molecule has 0 saturated carbocycles. The molecule has 1 aliphatic carbocycles. The van der Waals surface area contributed by atoms with Crippen molar-refractivity contribution in [2.45, 2.75) is 64.0 Å². The third kappa shape index (κ3) is 6.46. The van der Waals surface area contributed by atoms with Gasteiger partial charge in [0.15, 0.2) is 0 Å². The standard InChI is InChI=1S/C29H35N3O7/c1-4-19(13-14-30)38-17-29(2,3)31-27(35)18-9-10-22-20-7-5-6-8-21(20)24(23(22)15-18)16-37-28(36)39-32-25(33)11-12-26(32)34/h5-10,15,19,24H,4,11-14,16-17,30H2,1-3H3,(H,31,35). The molecule has 1 fully saturated rings. The normalized spacial score (nSPS) is 17.0. The van der Waals surface area contributed by atoms with Gasteiger partial charge in [-0.15, -0.1) is 0 Å². The zero-order valence-electron chi connectivity index (χ0n) is 22.5. The van der Waals surface area contributed by atoms with Crippen molar-refractivity contribution in [2.75, 3.05) is 19.8 Å². The molecule has 2 unspecified atom stereocenters. The van der Waals surface area contributed by atoms with Crippen molar-refractivity contribution >= 4 is 23.9 Å². The number of amides is 3. The second-order valence-corrected chi connectivity index (χ2v) is 10.4. The predicted octanol–water partition coefficient (Wildman–Crippen LogP) is 3.67. The van der Waals surface area contributed by atoms with Gasteiger partial charge in [0.2, 0.25) is 0 Å². The largest absolute Gasteiger partial charge is 0.533 e. The zero-order chi connectivity index (χ0) is 28.2. The molecular weight excluding hydrogens is 502 g/mol. The Bertz CT molecular complexity index is 1240. The first-order chi connectivity index (χ1) is 18.6. The lowest BCUT2D eigenvalue weighted by molar-refractivity contribution is -0.177. The second kappa shape index (κ2) is 12.0. The second-order valence-electron chi connectivity index (χ2n) is 10.4. The van der Waals surface area contributed by atoms with Crippen LogP contribution >= 0.6 is 0 Å². The summed E-state index contributed by atoms with van der Waals surface area (Å²) in [6.07, 6.45) is 0.493. The van der Waals surface area contributed by atoms with Gasteiger partial charge in [0.05, 0.1) is 18.2 Å². The average molecular weight is 538 g/mol. The van der Waals surface area contributed by atoms with Crippen LogP contribution in [0.5, 0.6) is 0 Å². The molecule has 3 N–H and O–H groups in total. The first kappa shape index (κ1) is 28.3. The number of nitrogens with zero attached hydrogens (tertiary/aromatic N) is 1. The van der Waals surface area contributed by atoms with Crippen LogP contribution in [0.4, 0.5) is 4.79 Å². The molecule has 39 heavy (non-hydrogen) atoms. The Morgan fingerprint density at radius 3 is 2.46 bits per heavy atom. The highest BCUT2D eigenvalue weighted by atomic mass is 16.8. The fourth-order valence-corrected chi connectivity index (χ4v) is 4.87. The number of carbonyl (C=O) groups is 4. The maximum absolute atomic E-state index is 13.2. The van der Waals surface area contributed by atoms with Crippen molar-refractivity contribution in [1.29, 1.82) is 0 Å². The molecule has 4 rings (SSSR count). The number of fused-ring (bicyclic) bond motifs is 3. The van der Waals surface area contributed by atoms with Gasteiger partial charge in [-0.25, -0.2) is 4.79 Å². The number of rotatable bonds is 11. The molecule has 0 spiro atoms. The molecule has 208 valence electrons. The topological polar surface area (TPSA) is 137 Å². The summed E-state index contributed by atoms with van der Waals surface area (Å²) in [4.78, 5) is 53.9. The van der Waals surface area contributed by atoms with Crippen LogP contribution in [0.1, 0.15) is 73.9 Å². The predicted molar refractivity (Wildman–Crippen MR) is 142 cm³/mol. The van der Waals surface area contributed by atoms with Crippen molar-refractivity contribution in [2.24, 2.45) is 5.73 Å². The van der Waals surface area contributed by atoms with Crippen molar-refractivity contribution in [3.05, 3.63) is 59.2 Å². The van der Waals surface area contributed by atoms with Gasteiger partial charge >= 0.3 is 6.16 Å². The highest BCUT2D eigenvalue weighted by Gasteiger charge is 2.35. The van der Waals surface area contributed by atoms with Gasteiger partial charge < -0.3 is 20.5 Å². The maximum atomic E-state index is 13.2. The van der Waals surface area contributed by atoms with Crippen LogP contribution < -0.4 is 11.1 Å². The highest BCUT2D eigenvalue weighted by Crippen LogP contribution is 2.45. The monoisotopic (exact) mass is 537 g/mol. The molecule has 1 aliphatic heterocycles. The number of hydrogen-bond acceptors (Lipinski definition) is 8. The molecule has 2 aromatic carbocycles. The number of hydroxylamine groups is 2. The van der Waals surface area contributed by atoms with Crippen LogP contribution in [-0.4, -0.2) is 60.3 Å². The minimum absolute atomic E-state index is 0.00382. The van der Waals surface area contributed by atoms with E-state index in [1.807, 2.05) is 51.1 Å². The minimum Gasteiger partial charge on any atom is -0.432 e. The van der Waals surface area contributed by atoms with Crippen molar-refractivity contribution in [1.82, 2.24) is 10.4 Å². The highest BCUT2D eigenvalue weighted by molar-refractivity contribution is 6.01. The summed E-state index contributed by atoms with van der Waals surface area (Å²) in [5, 5.41) is 3.50. The number of benzene rings is 2. The lowest BCUT2D eigenvalue weighted by Crippen LogP contribution is -2.47. The molecule has 0 radical (unpaired) electrons. The first-order valence-corrected chi connectivity index (χ1v) is 13.2. The van der Waals surface area contributed by atoms with E-state index in [0.717, 1.165) is 35.1 Å². The van der Waals surface area contributed by atoms with Gasteiger partial charge in [0.25, 0.3) is 17.7 Å². The van der Waals surface area contributed by atoms with Gasteiger partial charge in [-0.3, -0.25) is 19.2 Å². The molecule has 1 heterocycles. The maximum Gasteiger partial charge on any atom is 0.533 e. The molecule has 10 nitrogen and oxygen atoms in total. The van der Waals surface area contributed by atoms with Crippen molar-refractivity contribution in [3.63, 3.8) is 0 Å². The van der Waals surface area contributed by atoms with Crippen LogP contribution in [0.3, 0.4) is 0 Å². The molecule has 10 heteroatoms. The van der Waals surface area contributed by atoms with Crippen LogP contribution in [0, 0.1) is 0 Å². The summed E-state index contributed by atoms with van der Waals surface area (Å²) in [5.74, 6) is -1.78. The van der Waals surface area contributed by atoms with Gasteiger partial charge in [-0.1, -0.05) is 42.3 Å². The quantitative estimate of drug-likeness (QED) is 0.327. The van der Waals surface area contributed by atoms with E-state index in [1.165, 1.54) is 0 Å². The minimum atomic E-state index is -1.14. The molecule has 2 aromatic rings. The fraction of sp³-hybridized carbons (Fsp3) is 0.448. The Hall–Kier alpha value is -3.76. The van der Waals surface area contributed by atoms with Gasteiger partial charge in [-0.05, 0) is 67.6 Å². The van der Waals surface area contributed by atoms with Crippen LogP contribution in [0.2, 0.25) is 0 Å². The Labute approximate surface area is 227 Å². The molecule has 1 saturated heterocycles. The van der Waals surface area contributed by atoms with E-state index in [2.05, 4.69) is 5.32 Å². The number of carbonyl (C=O) groups excluding carboxylic acids is 4. The van der Waals surface area contributed by atoms with Gasteiger partial charge in [-0.2, -0.15) is 0 Å². The lowest BCUT2D eigenvalue weighted by atomic mass is 9.96. The number of ether oxygens (including phenoxy) is 2. The van der Waals surface area contributed by atoms with Gasteiger partial charge in [0, 0.05) is 24.3 Å². The summed E-state index contributed by atoms with van der Waals surface area (Å²) in [7, 11) is 0. The van der Waals surface area contributed by atoms with E-state index in [4.69, 9.17) is 20.0 Å². The van der Waals surface area contributed by atoms with Crippen LogP contribution in [0.15, 0.2) is 42.5 Å². The number of nitrogens with one attached hydrogen (secondary N) is 1. The van der Waals surface area contributed by atoms with Crippen LogP contribution in [-0.2, 0) is 23.9 Å². The van der Waals surface area contributed by atoms with E-state index >= 15 is 0 Å². The average Bonchev–Trinajstić information content (AvgIpc) is 3.40. The summed E-state index contributed by atoms with van der Waals surface area (Å²) < 4.78 is 11.3. The van der Waals surface area contributed by atoms with Crippen LogP contribution in [0.25, 0.3) is 11.1 Å². The summed E-state index contributed by atoms with van der Waals surface area (Å²) in [6.45, 7) is 6.64. The SMILES string of the molecule is CCC(CCN)OCC(C)(C)NC(=O)c1ccc2c(c1)C(COC(=O)ON1C(=O)CCC1=O)c1ccccc1-2. The Balaban J connectivity index is 1.47. The van der Waals surface area contributed by atoms with Crippen molar-refractivity contribution < 1.29 is 33.5 Å². The summed E-state index contributed by atoms with van der Waals surface area (Å²) in [6, 6.07) is 13.2. The molecule has 2 aliphatic rings. The molecular formula is C29H35N3O7. The summed E-state index contributed by atoms with van der Waals surface area (Å²) >= 11 is 0. The van der Waals surface area contributed by atoms with Crippen molar-refractivity contribution in [3.8, 4) is 11.1 Å². The number of nitrogens with two attached hydrogens (primary N) is 1. The number of imide groups is 1. The third-order valence-corrected chi connectivity index (χ3v) is 6.93. The zero-order valence-corrected chi connectivity index (χ0v) is 22.5. The Morgan fingerprint density at radius 1 is 1.08 bits per heavy atom. The smallest absolute Gasteiger partial charge is 0.432 e.